The standard InChI is InChI=1S/C13H18FN3O2/c14-12-3-4-13(17(18)19)11(9-12)10-15-5-8-16-6-1-2-7-16/h3-4,9,15H,1-2,5-8,10H2. The fraction of sp³-hybridized carbons (Fsp3) is 0.538. The van der Waals surface area contributed by atoms with E-state index in [2.05, 4.69) is 10.2 Å². The SMILES string of the molecule is O=[N+]([O-])c1ccc(F)cc1CNCCN1CCCC1. The topological polar surface area (TPSA) is 58.4 Å². The number of nitrogens with one attached hydrogen (secondary N) is 1. The fourth-order valence-corrected chi connectivity index (χ4v) is 2.34. The molecule has 0 aliphatic carbocycles. The highest BCUT2D eigenvalue weighted by atomic mass is 19.1. The lowest BCUT2D eigenvalue weighted by Crippen LogP contribution is -2.29. The first-order chi connectivity index (χ1) is 9.16. The maximum absolute atomic E-state index is 13.1. The first kappa shape index (κ1) is 13.9. The van der Waals surface area contributed by atoms with Crippen molar-refractivity contribution in [3.63, 3.8) is 0 Å². The van der Waals surface area contributed by atoms with E-state index in [1.54, 1.807) is 0 Å². The lowest BCUT2D eigenvalue weighted by molar-refractivity contribution is -0.385. The molecule has 104 valence electrons. The van der Waals surface area contributed by atoms with E-state index in [1.165, 1.54) is 25.0 Å². The van der Waals surface area contributed by atoms with Gasteiger partial charge in [-0.1, -0.05) is 0 Å². The van der Waals surface area contributed by atoms with Crippen LogP contribution in [0.5, 0.6) is 0 Å². The van der Waals surface area contributed by atoms with Gasteiger partial charge in [-0.3, -0.25) is 10.1 Å². The second-order valence-electron chi connectivity index (χ2n) is 4.76. The zero-order valence-electron chi connectivity index (χ0n) is 10.8. The third-order valence-corrected chi connectivity index (χ3v) is 3.36. The Morgan fingerprint density at radius 2 is 2.11 bits per heavy atom. The van der Waals surface area contributed by atoms with E-state index >= 15 is 0 Å². The molecular weight excluding hydrogens is 249 g/mol. The Bertz CT molecular complexity index is 448. The lowest BCUT2D eigenvalue weighted by atomic mass is 10.1. The summed E-state index contributed by atoms with van der Waals surface area (Å²) in [7, 11) is 0. The highest BCUT2D eigenvalue weighted by Crippen LogP contribution is 2.19. The number of likely N-dealkylation sites (tertiary alicyclic amines) is 1. The highest BCUT2D eigenvalue weighted by molar-refractivity contribution is 5.40. The molecule has 0 unspecified atom stereocenters. The third-order valence-electron chi connectivity index (χ3n) is 3.36. The Morgan fingerprint density at radius 1 is 1.37 bits per heavy atom. The maximum Gasteiger partial charge on any atom is 0.274 e. The van der Waals surface area contributed by atoms with Crippen molar-refractivity contribution in [2.45, 2.75) is 19.4 Å². The first-order valence-corrected chi connectivity index (χ1v) is 6.53. The molecule has 5 nitrogen and oxygen atoms in total. The van der Waals surface area contributed by atoms with Crippen LogP contribution in [-0.4, -0.2) is 36.0 Å². The van der Waals surface area contributed by atoms with Crippen molar-refractivity contribution >= 4 is 5.69 Å². The summed E-state index contributed by atoms with van der Waals surface area (Å²) < 4.78 is 13.1. The Labute approximate surface area is 111 Å². The van der Waals surface area contributed by atoms with Crippen LogP contribution in [0, 0.1) is 15.9 Å². The monoisotopic (exact) mass is 267 g/mol. The van der Waals surface area contributed by atoms with Crippen LogP contribution in [0.25, 0.3) is 0 Å². The van der Waals surface area contributed by atoms with Crippen LogP contribution in [-0.2, 0) is 6.54 Å². The van der Waals surface area contributed by atoms with E-state index < -0.39 is 10.7 Å². The molecule has 0 spiro atoms. The molecule has 1 aliphatic rings. The number of rotatable bonds is 6. The molecule has 1 aromatic rings. The van der Waals surface area contributed by atoms with Gasteiger partial charge >= 0.3 is 0 Å². The van der Waals surface area contributed by atoms with Crippen LogP contribution < -0.4 is 5.32 Å². The second-order valence-corrected chi connectivity index (χ2v) is 4.76. The van der Waals surface area contributed by atoms with E-state index in [4.69, 9.17) is 0 Å². The number of halogens is 1. The van der Waals surface area contributed by atoms with Gasteiger partial charge in [0.15, 0.2) is 0 Å². The van der Waals surface area contributed by atoms with Gasteiger partial charge in [0, 0.05) is 31.3 Å². The Morgan fingerprint density at radius 3 is 2.79 bits per heavy atom. The zero-order valence-corrected chi connectivity index (χ0v) is 10.8. The third kappa shape index (κ3) is 3.97. The van der Waals surface area contributed by atoms with E-state index in [1.807, 2.05) is 0 Å². The van der Waals surface area contributed by atoms with Gasteiger partial charge in [-0.15, -0.1) is 0 Å². The van der Waals surface area contributed by atoms with Crippen molar-refractivity contribution in [1.29, 1.82) is 0 Å². The molecule has 0 atom stereocenters. The number of nitro groups is 1. The molecule has 1 heterocycles. The molecule has 6 heteroatoms. The van der Waals surface area contributed by atoms with E-state index in [9.17, 15) is 14.5 Å². The second kappa shape index (κ2) is 6.58. The average Bonchev–Trinajstić information content (AvgIpc) is 2.87. The van der Waals surface area contributed by atoms with Crippen molar-refractivity contribution in [2.24, 2.45) is 0 Å². The van der Waals surface area contributed by atoms with Crippen LogP contribution in [0.1, 0.15) is 18.4 Å². The largest absolute Gasteiger partial charge is 0.311 e. The molecule has 0 amide bonds. The van der Waals surface area contributed by atoms with Gasteiger partial charge in [0.1, 0.15) is 5.82 Å². The average molecular weight is 267 g/mol. The smallest absolute Gasteiger partial charge is 0.274 e. The van der Waals surface area contributed by atoms with Crippen molar-refractivity contribution in [2.75, 3.05) is 26.2 Å². The number of nitrogens with zero attached hydrogens (tertiary/aromatic N) is 2. The molecule has 1 saturated heterocycles. The summed E-state index contributed by atoms with van der Waals surface area (Å²) in [5.41, 5.74) is 0.362. The molecule has 0 radical (unpaired) electrons. The van der Waals surface area contributed by atoms with Crippen LogP contribution in [0.15, 0.2) is 18.2 Å². The predicted octanol–water partition coefficient (Wildman–Crippen LogP) is 1.92. The molecular formula is C13H18FN3O2. The summed E-state index contributed by atoms with van der Waals surface area (Å²) >= 11 is 0. The summed E-state index contributed by atoms with van der Waals surface area (Å²) in [6.45, 7) is 4.27. The Hall–Kier alpha value is -1.53. The first-order valence-electron chi connectivity index (χ1n) is 6.53. The van der Waals surface area contributed by atoms with Gasteiger partial charge in [-0.25, -0.2) is 4.39 Å². The molecule has 19 heavy (non-hydrogen) atoms. The lowest BCUT2D eigenvalue weighted by Gasteiger charge is -2.14. The molecule has 0 saturated carbocycles. The fourth-order valence-electron chi connectivity index (χ4n) is 2.34. The molecule has 0 bridgehead atoms. The minimum Gasteiger partial charge on any atom is -0.311 e. The van der Waals surface area contributed by atoms with Gasteiger partial charge < -0.3 is 10.2 Å². The van der Waals surface area contributed by atoms with Gasteiger partial charge in [0.05, 0.1) is 4.92 Å². The normalized spacial score (nSPS) is 15.8. The molecule has 1 N–H and O–H groups in total. The van der Waals surface area contributed by atoms with Gasteiger partial charge in [-0.2, -0.15) is 0 Å². The minimum atomic E-state index is -0.475. The molecule has 2 rings (SSSR count). The van der Waals surface area contributed by atoms with Crippen LogP contribution in [0.2, 0.25) is 0 Å². The quantitative estimate of drug-likeness (QED) is 0.486. The van der Waals surface area contributed by atoms with Crippen LogP contribution >= 0.6 is 0 Å². The Kier molecular flexibility index (Phi) is 4.81. The number of hydrogen-bond acceptors (Lipinski definition) is 4. The van der Waals surface area contributed by atoms with E-state index in [0.29, 0.717) is 12.1 Å². The Balaban J connectivity index is 1.84. The van der Waals surface area contributed by atoms with Gasteiger partial charge in [-0.05, 0) is 38.1 Å². The number of nitro benzene ring substituents is 1. The van der Waals surface area contributed by atoms with Crippen molar-refractivity contribution < 1.29 is 9.31 Å². The van der Waals surface area contributed by atoms with Gasteiger partial charge in [0.25, 0.3) is 5.69 Å². The van der Waals surface area contributed by atoms with Gasteiger partial charge in [0.2, 0.25) is 0 Å². The minimum absolute atomic E-state index is 0.0323. The highest BCUT2D eigenvalue weighted by Gasteiger charge is 2.14. The zero-order chi connectivity index (χ0) is 13.7. The van der Waals surface area contributed by atoms with E-state index in [-0.39, 0.29) is 5.69 Å². The summed E-state index contributed by atoms with van der Waals surface area (Å²) in [6.07, 6.45) is 2.49. The molecule has 0 aromatic heterocycles. The maximum atomic E-state index is 13.1. The van der Waals surface area contributed by atoms with Crippen molar-refractivity contribution in [3.05, 3.63) is 39.7 Å². The van der Waals surface area contributed by atoms with Crippen molar-refractivity contribution in [3.8, 4) is 0 Å². The van der Waals surface area contributed by atoms with E-state index in [0.717, 1.165) is 32.2 Å². The predicted molar refractivity (Wildman–Crippen MR) is 70.4 cm³/mol. The summed E-state index contributed by atoms with van der Waals surface area (Å²) in [5.74, 6) is -0.443. The molecule has 1 fully saturated rings. The number of hydrogen-bond donors (Lipinski definition) is 1. The molecule has 1 aromatic carbocycles. The van der Waals surface area contributed by atoms with Crippen LogP contribution in [0.3, 0.4) is 0 Å². The van der Waals surface area contributed by atoms with Crippen molar-refractivity contribution in [1.82, 2.24) is 10.2 Å². The summed E-state index contributed by atoms with van der Waals surface area (Å²) in [4.78, 5) is 12.7. The molecule has 1 aliphatic heterocycles. The summed E-state index contributed by atoms with van der Waals surface area (Å²) in [6, 6.07) is 3.56. The van der Waals surface area contributed by atoms with Crippen LogP contribution in [0.4, 0.5) is 10.1 Å². The summed E-state index contributed by atoms with van der Waals surface area (Å²) in [5, 5.41) is 14.0. The number of benzene rings is 1.